The molecule has 0 amide bonds. The number of nitrogen functional groups attached to an aromatic ring is 1. The Labute approximate surface area is 191 Å². The molecule has 1 heterocycles. The van der Waals surface area contributed by atoms with E-state index in [4.69, 9.17) is 17.3 Å². The molecular formula is C19H18ClF3N6O3S. The lowest BCUT2D eigenvalue weighted by Gasteiger charge is -2.31. The van der Waals surface area contributed by atoms with E-state index in [2.05, 4.69) is 25.2 Å². The Kier molecular flexibility index (Phi) is 5.99. The number of aliphatic hydroxyl groups excluding tert-OH is 1. The molecule has 0 unspecified atom stereocenters. The average molecular weight is 503 g/mol. The van der Waals surface area contributed by atoms with Crippen LogP contribution in [0.5, 0.6) is 0 Å². The van der Waals surface area contributed by atoms with Crippen LogP contribution in [0.2, 0.25) is 5.02 Å². The maximum Gasteiger partial charge on any atom is 0.417 e. The van der Waals surface area contributed by atoms with E-state index in [0.717, 1.165) is 6.07 Å². The van der Waals surface area contributed by atoms with E-state index in [1.54, 1.807) is 0 Å². The van der Waals surface area contributed by atoms with Crippen molar-refractivity contribution in [3.05, 3.63) is 47.0 Å². The van der Waals surface area contributed by atoms with Crippen LogP contribution in [-0.4, -0.2) is 40.9 Å². The molecule has 1 aliphatic rings. The highest BCUT2D eigenvalue weighted by molar-refractivity contribution is 7.89. The van der Waals surface area contributed by atoms with Crippen LogP contribution in [0.1, 0.15) is 18.4 Å². The third-order valence-corrected chi connectivity index (χ3v) is 6.88. The minimum atomic E-state index is -4.76. The zero-order chi connectivity index (χ0) is 24.0. The molecule has 33 heavy (non-hydrogen) atoms. The first-order chi connectivity index (χ1) is 15.4. The number of sulfonamides is 1. The van der Waals surface area contributed by atoms with Crippen LogP contribution in [0.25, 0.3) is 11.1 Å². The number of aliphatic hydroxyl groups is 1. The molecule has 14 heteroatoms. The Morgan fingerprint density at radius 2 is 1.85 bits per heavy atom. The van der Waals surface area contributed by atoms with E-state index in [1.165, 1.54) is 30.3 Å². The fourth-order valence-corrected chi connectivity index (χ4v) is 5.02. The molecular weight excluding hydrogens is 485 g/mol. The van der Waals surface area contributed by atoms with Crippen molar-refractivity contribution in [1.29, 1.82) is 0 Å². The smallest absolute Gasteiger partial charge is 0.393 e. The minimum absolute atomic E-state index is 0.0128. The molecule has 9 nitrogen and oxygen atoms in total. The second kappa shape index (κ2) is 8.48. The molecule has 3 aromatic rings. The summed E-state index contributed by atoms with van der Waals surface area (Å²) in [6, 6.07) is 6.65. The molecule has 0 bridgehead atoms. The minimum Gasteiger partial charge on any atom is -0.393 e. The molecule has 1 saturated carbocycles. The number of hydrogen-bond acceptors (Lipinski definition) is 7. The zero-order valence-corrected chi connectivity index (χ0v) is 18.3. The van der Waals surface area contributed by atoms with Gasteiger partial charge in [-0.3, -0.25) is 0 Å². The molecule has 4 rings (SSSR count). The van der Waals surface area contributed by atoms with Gasteiger partial charge in [0.2, 0.25) is 21.9 Å². The van der Waals surface area contributed by atoms with Crippen molar-refractivity contribution in [3.63, 3.8) is 0 Å². The molecule has 0 saturated heterocycles. The summed E-state index contributed by atoms with van der Waals surface area (Å²) in [5, 5.41) is 17.8. The van der Waals surface area contributed by atoms with Gasteiger partial charge in [-0.15, -0.1) is 5.10 Å². The predicted octanol–water partition coefficient (Wildman–Crippen LogP) is 3.27. The van der Waals surface area contributed by atoms with Gasteiger partial charge in [0.15, 0.2) is 0 Å². The van der Waals surface area contributed by atoms with E-state index in [0.29, 0.717) is 12.8 Å². The van der Waals surface area contributed by atoms with Gasteiger partial charge >= 0.3 is 6.18 Å². The number of hydrogen-bond donors (Lipinski definition) is 5. The van der Waals surface area contributed by atoms with Gasteiger partial charge in [-0.05, 0) is 42.7 Å². The third-order valence-electron chi connectivity index (χ3n) is 5.04. The van der Waals surface area contributed by atoms with Gasteiger partial charge in [-0.25, -0.2) is 18.2 Å². The van der Waals surface area contributed by atoms with Crippen molar-refractivity contribution in [2.24, 2.45) is 0 Å². The number of H-pyrrole nitrogens is 1. The Morgan fingerprint density at radius 3 is 2.39 bits per heavy atom. The summed E-state index contributed by atoms with van der Waals surface area (Å²) >= 11 is 6.22. The number of rotatable bonds is 6. The number of benzene rings is 2. The molecule has 1 aromatic heterocycles. The molecule has 176 valence electrons. The quantitative estimate of drug-likeness (QED) is 0.347. The topological polar surface area (TPSA) is 146 Å². The summed E-state index contributed by atoms with van der Waals surface area (Å²) in [6.07, 6.45) is -4.68. The van der Waals surface area contributed by atoms with Crippen molar-refractivity contribution in [1.82, 2.24) is 19.9 Å². The molecule has 0 aliphatic heterocycles. The molecule has 0 spiro atoms. The summed E-state index contributed by atoms with van der Waals surface area (Å²) in [4.78, 5) is 3.66. The van der Waals surface area contributed by atoms with Crippen LogP contribution in [0.15, 0.2) is 41.3 Å². The second-order valence-corrected chi connectivity index (χ2v) is 9.64. The number of nitrogens with two attached hydrogens (primary N) is 1. The Bertz CT molecular complexity index is 1270. The number of nitrogens with one attached hydrogen (secondary N) is 3. The van der Waals surface area contributed by atoms with Crippen LogP contribution < -0.4 is 15.8 Å². The first kappa shape index (κ1) is 23.3. The molecule has 1 fully saturated rings. The van der Waals surface area contributed by atoms with Gasteiger partial charge in [-0.2, -0.15) is 18.2 Å². The SMILES string of the molecule is Nc1nc(Nc2cc(Cl)c(-c3ccc(S(=O)(=O)N[C@H]4C[C@@H](O)C4)cc3)c(C(F)(F)F)c2)n[nH]1. The highest BCUT2D eigenvalue weighted by atomic mass is 35.5. The first-order valence-corrected chi connectivity index (χ1v) is 11.4. The van der Waals surface area contributed by atoms with Crippen LogP contribution in [0.4, 0.5) is 30.8 Å². The first-order valence-electron chi connectivity index (χ1n) is 9.59. The van der Waals surface area contributed by atoms with Gasteiger partial charge in [0.25, 0.3) is 0 Å². The lowest BCUT2D eigenvalue weighted by atomic mass is 9.91. The molecule has 2 aromatic carbocycles. The average Bonchev–Trinajstić information content (AvgIpc) is 3.10. The summed E-state index contributed by atoms with van der Waals surface area (Å²) in [6.45, 7) is 0. The number of alkyl halides is 3. The van der Waals surface area contributed by atoms with Crippen molar-refractivity contribution in [3.8, 4) is 11.1 Å². The fraction of sp³-hybridized carbons (Fsp3) is 0.263. The van der Waals surface area contributed by atoms with Crippen molar-refractivity contribution < 1.29 is 26.7 Å². The monoisotopic (exact) mass is 502 g/mol. The Hall–Kier alpha value is -2.87. The maximum absolute atomic E-state index is 13.9. The predicted molar refractivity (Wildman–Crippen MR) is 115 cm³/mol. The largest absolute Gasteiger partial charge is 0.417 e. The van der Waals surface area contributed by atoms with E-state index in [-0.39, 0.29) is 44.7 Å². The lowest BCUT2D eigenvalue weighted by molar-refractivity contribution is -0.137. The van der Waals surface area contributed by atoms with E-state index < -0.39 is 27.9 Å². The molecule has 1 aliphatic carbocycles. The Morgan fingerprint density at radius 1 is 1.18 bits per heavy atom. The third kappa shape index (κ3) is 5.05. The lowest BCUT2D eigenvalue weighted by Crippen LogP contribution is -2.46. The summed E-state index contributed by atoms with van der Waals surface area (Å²) < 4.78 is 69.0. The van der Waals surface area contributed by atoms with Gasteiger partial charge in [0.1, 0.15) is 0 Å². The van der Waals surface area contributed by atoms with Gasteiger partial charge in [0.05, 0.1) is 21.6 Å². The highest BCUT2D eigenvalue weighted by Gasteiger charge is 2.36. The molecule has 0 atom stereocenters. The van der Waals surface area contributed by atoms with Crippen LogP contribution in [0, 0.1) is 0 Å². The summed E-state index contributed by atoms with van der Waals surface area (Å²) in [5.74, 6) is -0.0558. The number of aromatic amines is 1. The van der Waals surface area contributed by atoms with E-state index in [9.17, 15) is 26.7 Å². The van der Waals surface area contributed by atoms with Crippen LogP contribution in [-0.2, 0) is 16.2 Å². The van der Waals surface area contributed by atoms with Crippen molar-refractivity contribution >= 4 is 39.2 Å². The van der Waals surface area contributed by atoms with Crippen molar-refractivity contribution in [2.75, 3.05) is 11.1 Å². The standard InChI is InChI=1S/C19H18ClF3N6O3S/c20-15-8-10(25-18-26-17(24)27-28-18)7-14(19(21,22)23)16(15)9-1-3-13(4-2-9)33(31,32)29-11-5-12(30)6-11/h1-4,7-8,11-12,29-30H,5-6H2,(H4,24,25,26,27,28)/t11-,12+. The summed E-state index contributed by atoms with van der Waals surface area (Å²) in [5.41, 5.74) is 4.15. The number of nitrogens with zero attached hydrogens (tertiary/aromatic N) is 2. The van der Waals surface area contributed by atoms with E-state index in [1.807, 2.05) is 0 Å². The van der Waals surface area contributed by atoms with E-state index >= 15 is 0 Å². The highest BCUT2D eigenvalue weighted by Crippen LogP contribution is 2.43. The number of halogens is 4. The normalized spacial score (nSPS) is 18.7. The van der Waals surface area contributed by atoms with Crippen LogP contribution in [0.3, 0.4) is 0 Å². The van der Waals surface area contributed by atoms with Gasteiger partial charge < -0.3 is 16.2 Å². The Balaban J connectivity index is 1.66. The zero-order valence-electron chi connectivity index (χ0n) is 16.7. The fourth-order valence-electron chi connectivity index (χ4n) is 3.43. The summed E-state index contributed by atoms with van der Waals surface area (Å²) in [7, 11) is -3.88. The molecule has 6 N–H and O–H groups in total. The number of aromatic nitrogens is 3. The molecule has 0 radical (unpaired) electrons. The van der Waals surface area contributed by atoms with Crippen molar-refractivity contribution in [2.45, 2.75) is 36.1 Å². The van der Waals surface area contributed by atoms with Gasteiger partial charge in [0, 0.05) is 17.3 Å². The second-order valence-electron chi connectivity index (χ2n) is 7.52. The number of anilines is 3. The van der Waals surface area contributed by atoms with Gasteiger partial charge in [-0.1, -0.05) is 23.7 Å². The van der Waals surface area contributed by atoms with Crippen LogP contribution >= 0.6 is 11.6 Å². The maximum atomic E-state index is 13.9.